The van der Waals surface area contributed by atoms with Gasteiger partial charge in [-0.3, -0.25) is 0 Å². The monoisotopic (exact) mass is 473 g/mol. The van der Waals surface area contributed by atoms with Gasteiger partial charge in [-0.25, -0.2) is 0 Å². The van der Waals surface area contributed by atoms with Crippen LogP contribution in [0.1, 0.15) is 28.7 Å². The minimum absolute atomic E-state index is 0.878. The Morgan fingerprint density at radius 2 is 0.833 bits per heavy atom. The summed E-state index contributed by atoms with van der Waals surface area (Å²) in [5, 5.41) is 0. The molecule has 0 fully saturated rings. The Balaban J connectivity index is 4.20. The minimum atomic E-state index is -6.72. The second-order valence-corrected chi connectivity index (χ2v) is 5.87. The lowest BCUT2D eigenvalue weighted by Crippen LogP contribution is -2.40. The highest BCUT2D eigenvalue weighted by molar-refractivity contribution is 5.47. The molecule has 1 aromatic carbocycles. The Hall–Kier alpha value is -1.83. The summed E-state index contributed by atoms with van der Waals surface area (Å²) in [5.41, 5.74) is -10.8. The van der Waals surface area contributed by atoms with E-state index < -0.39 is 83.5 Å². The predicted octanol–water partition coefficient (Wildman–Crippen LogP) is 7.42. The van der Waals surface area contributed by atoms with Crippen LogP contribution in [0.15, 0.2) is 12.1 Å². The molecule has 1 aromatic rings. The Kier molecular flexibility index (Phi) is 6.46. The third-order valence-corrected chi connectivity index (χ3v) is 3.78. The fourth-order valence-electron chi connectivity index (χ4n) is 2.33. The van der Waals surface area contributed by atoms with E-state index in [-0.39, 0.29) is 0 Å². The van der Waals surface area contributed by atoms with Gasteiger partial charge in [0.15, 0.2) is 0 Å². The van der Waals surface area contributed by atoms with Crippen LogP contribution in [0.4, 0.5) is 65.9 Å². The molecule has 0 spiro atoms. The van der Waals surface area contributed by atoms with E-state index in [1.807, 2.05) is 0 Å². The van der Waals surface area contributed by atoms with Gasteiger partial charge in [0.1, 0.15) is 0 Å². The highest BCUT2D eigenvalue weighted by Gasteiger charge is 2.65. The molecule has 1 radical (unpaired) electrons. The second kappa shape index (κ2) is 7.39. The molecule has 0 heterocycles. The maximum absolute atomic E-state index is 13.8. The molecule has 0 aromatic heterocycles. The molecule has 173 valence electrons. The molecule has 0 nitrogen and oxygen atoms in total. The van der Waals surface area contributed by atoms with Crippen LogP contribution in [0, 0.1) is 6.92 Å². The average Bonchev–Trinajstić information content (AvgIpc) is 2.51. The van der Waals surface area contributed by atoms with Crippen molar-refractivity contribution in [1.82, 2.24) is 0 Å². The molecule has 15 heteroatoms. The zero-order valence-corrected chi connectivity index (χ0v) is 13.9. The number of halogens is 15. The Bertz CT molecular complexity index is 717. The van der Waals surface area contributed by atoms with Gasteiger partial charge in [-0.05, 0) is 30.5 Å². The van der Waals surface area contributed by atoms with Crippen LogP contribution in [0.2, 0.25) is 0 Å². The summed E-state index contributed by atoms with van der Waals surface area (Å²) in [4.78, 5) is 0. The lowest BCUT2D eigenvalue weighted by atomic mass is 9.86. The van der Waals surface area contributed by atoms with Gasteiger partial charge >= 0.3 is 36.3 Å². The van der Waals surface area contributed by atoms with Crippen LogP contribution in [0.3, 0.4) is 0 Å². The van der Waals surface area contributed by atoms with Crippen molar-refractivity contribution >= 4 is 0 Å². The highest BCUT2D eigenvalue weighted by atomic mass is 19.4. The third-order valence-electron chi connectivity index (χ3n) is 3.78. The molecule has 0 N–H and O–H groups in total. The Labute approximate surface area is 157 Å². The van der Waals surface area contributed by atoms with Gasteiger partial charge in [-0.1, -0.05) is 6.92 Å². The fraction of sp³-hybridized carbons (Fsp3) is 0.533. The molecule has 0 bridgehead atoms. The smallest absolute Gasteiger partial charge is 0.191 e. The molecule has 0 aliphatic heterocycles. The van der Waals surface area contributed by atoms with Gasteiger partial charge in [0, 0.05) is 16.7 Å². The summed E-state index contributed by atoms with van der Waals surface area (Å²) in [6.45, 7) is 2.88. The molecule has 0 aliphatic carbocycles. The average molecular weight is 473 g/mol. The van der Waals surface area contributed by atoms with Gasteiger partial charge in [0.05, 0.1) is 0 Å². The summed E-state index contributed by atoms with van der Waals surface area (Å²) in [5.74, 6) is -19.0. The first-order valence-corrected chi connectivity index (χ1v) is 7.34. The SMILES string of the molecule is [CH2]CCc1c(C(F)(F)C(F)(F)F)cc(C(F)(F)C(F)(F)F)cc1C(F)(F)C(F)(F)F. The van der Waals surface area contributed by atoms with E-state index >= 15 is 0 Å². The second-order valence-electron chi connectivity index (χ2n) is 5.87. The highest BCUT2D eigenvalue weighted by Crippen LogP contribution is 2.53. The molecule has 0 saturated heterocycles. The van der Waals surface area contributed by atoms with E-state index in [0.717, 1.165) is 0 Å². The van der Waals surface area contributed by atoms with Crippen molar-refractivity contribution in [2.24, 2.45) is 0 Å². The zero-order valence-electron chi connectivity index (χ0n) is 13.9. The van der Waals surface area contributed by atoms with Crippen LogP contribution >= 0.6 is 0 Å². The third kappa shape index (κ3) is 4.29. The molecule has 0 unspecified atom stereocenters. The number of alkyl halides is 15. The maximum atomic E-state index is 13.8. The van der Waals surface area contributed by atoms with Crippen molar-refractivity contribution in [3.05, 3.63) is 41.3 Å². The zero-order chi connectivity index (χ0) is 24.1. The quantitative estimate of drug-likeness (QED) is 0.391. The van der Waals surface area contributed by atoms with Crippen LogP contribution in [0.5, 0.6) is 0 Å². The molecule has 0 amide bonds. The van der Waals surface area contributed by atoms with Gasteiger partial charge < -0.3 is 0 Å². The normalized spacial score (nSPS) is 14.9. The number of benzene rings is 1. The summed E-state index contributed by atoms with van der Waals surface area (Å²) in [6.07, 6.45) is -22.5. The van der Waals surface area contributed by atoms with Crippen molar-refractivity contribution in [2.45, 2.75) is 49.1 Å². The van der Waals surface area contributed by atoms with Crippen molar-refractivity contribution in [2.75, 3.05) is 0 Å². The van der Waals surface area contributed by atoms with Crippen LogP contribution in [0.25, 0.3) is 0 Å². The van der Waals surface area contributed by atoms with Gasteiger partial charge in [0.25, 0.3) is 0 Å². The van der Waals surface area contributed by atoms with E-state index in [1.54, 1.807) is 0 Å². The topological polar surface area (TPSA) is 0 Å². The first-order chi connectivity index (χ1) is 13.0. The van der Waals surface area contributed by atoms with Crippen LogP contribution in [-0.2, 0) is 24.2 Å². The standard InChI is InChI=1S/C15H8F15/c1-2-3-7-8(11(18,19)14(25,26)27)4-6(10(16,17)13(22,23)24)5-9(7)12(20,21)15(28,29)30/h4-5H,1-3H2. The maximum Gasteiger partial charge on any atom is 0.458 e. The number of hydrogen-bond acceptors (Lipinski definition) is 0. The largest absolute Gasteiger partial charge is 0.458 e. The summed E-state index contributed by atoms with van der Waals surface area (Å²) in [6, 6.07) is -2.16. The lowest BCUT2D eigenvalue weighted by Gasteiger charge is -2.30. The fourth-order valence-corrected chi connectivity index (χ4v) is 2.33. The van der Waals surface area contributed by atoms with E-state index in [1.165, 1.54) is 0 Å². The molecular formula is C15H8F15. The van der Waals surface area contributed by atoms with Crippen molar-refractivity contribution < 1.29 is 65.9 Å². The molecule has 1 rings (SSSR count). The van der Waals surface area contributed by atoms with E-state index in [0.29, 0.717) is 0 Å². The number of hydrogen-bond donors (Lipinski definition) is 0. The van der Waals surface area contributed by atoms with Crippen molar-refractivity contribution in [3.8, 4) is 0 Å². The minimum Gasteiger partial charge on any atom is -0.191 e. The van der Waals surface area contributed by atoms with Gasteiger partial charge in [-0.15, -0.1) is 0 Å². The Morgan fingerprint density at radius 1 is 0.533 bits per heavy atom. The molecule has 0 saturated carbocycles. The number of rotatable bonds is 5. The van der Waals surface area contributed by atoms with E-state index in [4.69, 9.17) is 0 Å². The van der Waals surface area contributed by atoms with Crippen LogP contribution in [-0.4, -0.2) is 18.5 Å². The van der Waals surface area contributed by atoms with E-state index in [9.17, 15) is 65.9 Å². The van der Waals surface area contributed by atoms with Gasteiger partial charge in [-0.2, -0.15) is 65.9 Å². The summed E-state index contributed by atoms with van der Waals surface area (Å²) in [7, 11) is 0. The lowest BCUT2D eigenvalue weighted by molar-refractivity contribution is -0.295. The van der Waals surface area contributed by atoms with Crippen molar-refractivity contribution in [3.63, 3.8) is 0 Å². The predicted molar refractivity (Wildman–Crippen MR) is 70.0 cm³/mol. The van der Waals surface area contributed by atoms with Crippen LogP contribution < -0.4 is 0 Å². The molecular weight excluding hydrogens is 465 g/mol. The van der Waals surface area contributed by atoms with E-state index in [2.05, 4.69) is 6.92 Å². The first-order valence-electron chi connectivity index (χ1n) is 7.34. The molecule has 0 aliphatic rings. The van der Waals surface area contributed by atoms with Gasteiger partial charge in [0.2, 0.25) is 0 Å². The summed E-state index contributed by atoms with van der Waals surface area (Å²) >= 11 is 0. The molecule has 0 atom stereocenters. The summed E-state index contributed by atoms with van der Waals surface area (Å²) < 4.78 is 196. The molecule has 30 heavy (non-hydrogen) atoms. The Morgan fingerprint density at radius 3 is 1.07 bits per heavy atom. The van der Waals surface area contributed by atoms with Crippen molar-refractivity contribution in [1.29, 1.82) is 0 Å². The first kappa shape index (κ1) is 26.2.